The lowest BCUT2D eigenvalue weighted by atomic mass is 9.95. The molecule has 0 saturated carbocycles. The van der Waals surface area contributed by atoms with E-state index in [0.29, 0.717) is 0 Å². The minimum Gasteiger partial charge on any atom is -0.365 e. The molecule has 0 fully saturated rings. The van der Waals surface area contributed by atoms with Crippen molar-refractivity contribution < 1.29 is 4.79 Å². The highest BCUT2D eigenvalue weighted by Gasteiger charge is 2.21. The molecular formula is C15H19N3OS. The molecular weight excluding hydrogens is 270 g/mol. The molecule has 0 unspecified atom stereocenters. The summed E-state index contributed by atoms with van der Waals surface area (Å²) in [5.41, 5.74) is 2.39. The molecule has 1 aromatic carbocycles. The summed E-state index contributed by atoms with van der Waals surface area (Å²) >= 11 is 1.57. The average Bonchev–Trinajstić information content (AvgIpc) is 2.87. The molecule has 5 heteroatoms. The van der Waals surface area contributed by atoms with Crippen LogP contribution in [0.1, 0.15) is 20.8 Å². The minimum absolute atomic E-state index is 0.0105. The van der Waals surface area contributed by atoms with Crippen LogP contribution < -0.4 is 10.6 Å². The number of aromatic nitrogens is 1. The molecule has 106 valence electrons. The molecule has 2 N–H and O–H groups in total. The van der Waals surface area contributed by atoms with E-state index in [1.165, 1.54) is 0 Å². The van der Waals surface area contributed by atoms with E-state index in [4.69, 9.17) is 0 Å². The number of nitrogens with zero attached hydrogens (tertiary/aromatic N) is 1. The highest BCUT2D eigenvalue weighted by molar-refractivity contribution is 7.14. The molecule has 1 aromatic heterocycles. The lowest BCUT2D eigenvalue weighted by molar-refractivity contribution is -0.123. The molecule has 0 spiro atoms. The van der Waals surface area contributed by atoms with E-state index in [0.717, 1.165) is 22.1 Å². The largest absolute Gasteiger partial charge is 0.365 e. The number of hydrogen-bond donors (Lipinski definition) is 2. The van der Waals surface area contributed by atoms with Gasteiger partial charge >= 0.3 is 0 Å². The molecule has 0 radical (unpaired) electrons. The second kappa shape index (κ2) is 5.63. The topological polar surface area (TPSA) is 54.0 Å². The van der Waals surface area contributed by atoms with Crippen LogP contribution >= 0.6 is 11.3 Å². The summed E-state index contributed by atoms with van der Waals surface area (Å²) < 4.78 is 0. The smallest absolute Gasteiger partial charge is 0.229 e. The third kappa shape index (κ3) is 3.36. The zero-order valence-corrected chi connectivity index (χ0v) is 13.0. The Bertz CT molecular complexity index is 596. The zero-order valence-electron chi connectivity index (χ0n) is 12.2. The van der Waals surface area contributed by atoms with Gasteiger partial charge < -0.3 is 10.6 Å². The van der Waals surface area contributed by atoms with Crippen molar-refractivity contribution in [3.63, 3.8) is 0 Å². The number of thiazole rings is 1. The van der Waals surface area contributed by atoms with Crippen molar-refractivity contribution in [1.82, 2.24) is 4.98 Å². The SMILES string of the molecule is CNc1nc(-c2ccc(NC(=O)C(C)(C)C)cc2)cs1. The van der Waals surface area contributed by atoms with Gasteiger partial charge in [0.15, 0.2) is 5.13 Å². The third-order valence-corrected chi connectivity index (χ3v) is 3.70. The van der Waals surface area contributed by atoms with Gasteiger partial charge in [-0.2, -0.15) is 0 Å². The highest BCUT2D eigenvalue weighted by atomic mass is 32.1. The fourth-order valence-corrected chi connectivity index (χ4v) is 2.25. The van der Waals surface area contributed by atoms with Gasteiger partial charge in [0.1, 0.15) is 0 Å². The second-order valence-electron chi connectivity index (χ2n) is 5.57. The number of amides is 1. The van der Waals surface area contributed by atoms with E-state index < -0.39 is 5.41 Å². The van der Waals surface area contributed by atoms with Crippen molar-refractivity contribution in [3.8, 4) is 11.3 Å². The number of benzene rings is 1. The van der Waals surface area contributed by atoms with Crippen LogP contribution in [0.15, 0.2) is 29.6 Å². The lowest BCUT2D eigenvalue weighted by Gasteiger charge is -2.17. The van der Waals surface area contributed by atoms with E-state index in [1.807, 2.05) is 57.5 Å². The molecule has 2 aromatic rings. The molecule has 1 heterocycles. The van der Waals surface area contributed by atoms with E-state index in [9.17, 15) is 4.79 Å². The van der Waals surface area contributed by atoms with Gasteiger partial charge in [-0.25, -0.2) is 4.98 Å². The van der Waals surface area contributed by atoms with Gasteiger partial charge in [-0.1, -0.05) is 32.9 Å². The first-order valence-electron chi connectivity index (χ1n) is 6.45. The van der Waals surface area contributed by atoms with Gasteiger partial charge in [-0.15, -0.1) is 11.3 Å². The maximum absolute atomic E-state index is 11.9. The van der Waals surface area contributed by atoms with Crippen molar-refractivity contribution in [2.75, 3.05) is 17.7 Å². The van der Waals surface area contributed by atoms with Gasteiger partial charge in [-0.05, 0) is 12.1 Å². The quantitative estimate of drug-likeness (QED) is 0.902. The van der Waals surface area contributed by atoms with Crippen LogP contribution in [0.25, 0.3) is 11.3 Å². The summed E-state index contributed by atoms with van der Waals surface area (Å²) in [4.78, 5) is 16.3. The molecule has 0 saturated heterocycles. The van der Waals surface area contributed by atoms with Gasteiger partial charge in [0.25, 0.3) is 0 Å². The Morgan fingerprint density at radius 1 is 1.20 bits per heavy atom. The number of hydrogen-bond acceptors (Lipinski definition) is 4. The van der Waals surface area contributed by atoms with E-state index in [1.54, 1.807) is 11.3 Å². The van der Waals surface area contributed by atoms with E-state index >= 15 is 0 Å². The molecule has 2 rings (SSSR count). The summed E-state index contributed by atoms with van der Waals surface area (Å²) in [5, 5.41) is 8.83. The zero-order chi connectivity index (χ0) is 14.8. The molecule has 1 amide bonds. The normalized spacial score (nSPS) is 11.2. The molecule has 4 nitrogen and oxygen atoms in total. The Morgan fingerprint density at radius 3 is 2.35 bits per heavy atom. The molecule has 0 bridgehead atoms. The first kappa shape index (κ1) is 14.5. The van der Waals surface area contributed by atoms with Crippen LogP contribution in [0.4, 0.5) is 10.8 Å². The summed E-state index contributed by atoms with van der Waals surface area (Å²) in [6.07, 6.45) is 0. The molecule has 0 aliphatic rings. The fraction of sp³-hybridized carbons (Fsp3) is 0.333. The second-order valence-corrected chi connectivity index (χ2v) is 6.43. The summed E-state index contributed by atoms with van der Waals surface area (Å²) in [5.74, 6) is 0.0105. The van der Waals surface area contributed by atoms with Crippen molar-refractivity contribution in [2.24, 2.45) is 5.41 Å². The number of carbonyl (C=O) groups is 1. The van der Waals surface area contributed by atoms with Crippen LogP contribution in [0, 0.1) is 5.41 Å². The van der Waals surface area contributed by atoms with Crippen molar-refractivity contribution in [2.45, 2.75) is 20.8 Å². The average molecular weight is 289 g/mol. The molecule has 0 aliphatic heterocycles. The molecule has 0 atom stereocenters. The predicted octanol–water partition coefficient (Wildman–Crippen LogP) is 3.84. The van der Waals surface area contributed by atoms with Crippen LogP contribution in [0.5, 0.6) is 0 Å². The van der Waals surface area contributed by atoms with Gasteiger partial charge in [0.05, 0.1) is 5.69 Å². The predicted molar refractivity (Wildman–Crippen MR) is 85.2 cm³/mol. The van der Waals surface area contributed by atoms with Gasteiger partial charge in [0.2, 0.25) is 5.91 Å². The van der Waals surface area contributed by atoms with Gasteiger partial charge in [0, 0.05) is 29.1 Å². The highest BCUT2D eigenvalue weighted by Crippen LogP contribution is 2.26. The van der Waals surface area contributed by atoms with Gasteiger partial charge in [-0.3, -0.25) is 4.79 Å². The monoisotopic (exact) mass is 289 g/mol. The Kier molecular flexibility index (Phi) is 4.09. The van der Waals surface area contributed by atoms with E-state index in [-0.39, 0.29) is 5.91 Å². The van der Waals surface area contributed by atoms with Crippen LogP contribution in [-0.4, -0.2) is 17.9 Å². The summed E-state index contributed by atoms with van der Waals surface area (Å²) in [6, 6.07) is 7.73. The van der Waals surface area contributed by atoms with Crippen LogP contribution in [0.3, 0.4) is 0 Å². The number of nitrogens with one attached hydrogen (secondary N) is 2. The van der Waals surface area contributed by atoms with Crippen molar-refractivity contribution in [1.29, 1.82) is 0 Å². The summed E-state index contributed by atoms with van der Waals surface area (Å²) in [6.45, 7) is 5.68. The molecule has 0 aliphatic carbocycles. The summed E-state index contributed by atoms with van der Waals surface area (Å²) in [7, 11) is 1.85. The third-order valence-electron chi connectivity index (χ3n) is 2.84. The Balaban J connectivity index is 2.12. The number of anilines is 2. The van der Waals surface area contributed by atoms with E-state index in [2.05, 4.69) is 15.6 Å². The number of carbonyl (C=O) groups excluding carboxylic acids is 1. The van der Waals surface area contributed by atoms with Crippen LogP contribution in [0.2, 0.25) is 0 Å². The maximum Gasteiger partial charge on any atom is 0.229 e. The lowest BCUT2D eigenvalue weighted by Crippen LogP contribution is -2.27. The standard InChI is InChI=1S/C15H19N3OS/c1-15(2,3)13(19)17-11-7-5-10(6-8-11)12-9-20-14(16-4)18-12/h5-9H,1-4H3,(H,16,18)(H,17,19). The minimum atomic E-state index is -0.394. The van der Waals surface area contributed by atoms with Crippen LogP contribution in [-0.2, 0) is 4.79 Å². The molecule has 20 heavy (non-hydrogen) atoms. The fourth-order valence-electron chi connectivity index (χ4n) is 1.56. The Labute approximate surface area is 123 Å². The first-order chi connectivity index (χ1) is 9.40. The Morgan fingerprint density at radius 2 is 1.85 bits per heavy atom. The first-order valence-corrected chi connectivity index (χ1v) is 7.33. The maximum atomic E-state index is 11.9. The number of rotatable bonds is 3. The Hall–Kier alpha value is -1.88. The van der Waals surface area contributed by atoms with Crippen molar-refractivity contribution >= 4 is 28.1 Å². The van der Waals surface area contributed by atoms with Crippen molar-refractivity contribution in [3.05, 3.63) is 29.6 Å².